The molecule has 0 heterocycles. The fourth-order valence-electron chi connectivity index (χ4n) is 11.8. The Kier molecular flexibility index (Phi) is 42.2. The van der Waals surface area contributed by atoms with Crippen molar-refractivity contribution >= 4 is 109 Å². The van der Waals surface area contributed by atoms with Gasteiger partial charge in [0.25, 0.3) is 0 Å². The molecular formula is C119H103ClF6O4. The summed E-state index contributed by atoms with van der Waals surface area (Å²) in [5.74, 6) is 2.10. The zero-order chi connectivity index (χ0) is 92.1. The summed E-state index contributed by atoms with van der Waals surface area (Å²) in [6.07, 6.45) is 30.8. The van der Waals surface area contributed by atoms with Gasteiger partial charge in [0, 0.05) is 27.3 Å². The van der Waals surface area contributed by atoms with Gasteiger partial charge >= 0.3 is 0 Å². The Morgan fingerprint density at radius 3 is 0.654 bits per heavy atom. The molecule has 0 saturated heterocycles. The lowest BCUT2D eigenvalue weighted by Crippen LogP contribution is -1.83. The Bertz CT molecular complexity index is 6250. The van der Waals surface area contributed by atoms with E-state index in [1.54, 1.807) is 107 Å². The number of methoxy groups -OCH3 is 4. The maximum absolute atomic E-state index is 13.5. The van der Waals surface area contributed by atoms with Gasteiger partial charge in [-0.15, -0.1) is 0 Å². The zero-order valence-corrected chi connectivity index (χ0v) is 74.4. The molecule has 0 aliphatic carbocycles. The minimum Gasteiger partial charge on any atom is -0.497 e. The number of benzene rings is 16. The maximum Gasteiger partial charge on any atom is 0.130 e. The molecule has 11 heteroatoms. The summed E-state index contributed by atoms with van der Waals surface area (Å²) in [6.45, 7) is 6.14. The molecule has 16 aromatic rings. The van der Waals surface area contributed by atoms with Crippen LogP contribution in [0.5, 0.6) is 23.0 Å². The highest BCUT2D eigenvalue weighted by Gasteiger charge is 2.03. The van der Waals surface area contributed by atoms with Gasteiger partial charge in [-0.25, -0.2) is 26.3 Å². The van der Waals surface area contributed by atoms with E-state index in [9.17, 15) is 26.3 Å². The van der Waals surface area contributed by atoms with Crippen LogP contribution in [0.2, 0.25) is 5.02 Å². The van der Waals surface area contributed by atoms with E-state index >= 15 is 0 Å². The summed E-state index contributed by atoms with van der Waals surface area (Å²) in [7, 11) is 6.58. The molecule has 0 N–H and O–H groups in total. The third-order valence-corrected chi connectivity index (χ3v) is 19.4. The molecule has 0 radical (unpaired) electrons. The van der Waals surface area contributed by atoms with Crippen molar-refractivity contribution in [1.82, 2.24) is 0 Å². The van der Waals surface area contributed by atoms with Gasteiger partial charge in [-0.05, 0) is 203 Å². The average Bonchev–Trinajstić information content (AvgIpc) is 0.884. The second-order valence-corrected chi connectivity index (χ2v) is 29.5. The molecular weight excluding hydrogens is 1640 g/mol. The average molecular weight is 1750 g/mol. The summed E-state index contributed by atoms with van der Waals surface area (Å²) in [5, 5.41) is 0.697. The normalized spacial score (nSPS) is 10.8. The monoisotopic (exact) mass is 1740 g/mol. The van der Waals surface area contributed by atoms with Crippen LogP contribution in [0.4, 0.5) is 26.3 Å². The lowest BCUT2D eigenvalue weighted by atomic mass is 10.1. The predicted octanol–water partition coefficient (Wildman–Crippen LogP) is 33.3. The number of rotatable bonds is 20. The molecule has 16 aromatic carbocycles. The van der Waals surface area contributed by atoms with Crippen molar-refractivity contribution in [2.45, 2.75) is 20.8 Å². The number of aryl methyl sites for hydroxylation is 3. The topological polar surface area (TPSA) is 36.9 Å². The molecule has 130 heavy (non-hydrogen) atoms. The van der Waals surface area contributed by atoms with Gasteiger partial charge in [-0.1, -0.05) is 411 Å². The molecule has 0 atom stereocenters. The van der Waals surface area contributed by atoms with E-state index in [0.29, 0.717) is 27.3 Å². The molecule has 16 rings (SSSR count). The minimum absolute atomic E-state index is 0.190. The minimum atomic E-state index is -0.220. The second-order valence-electron chi connectivity index (χ2n) is 29.1. The number of hydrogen-bond acceptors (Lipinski definition) is 4. The van der Waals surface area contributed by atoms with Crippen molar-refractivity contribution in [2.24, 2.45) is 0 Å². The Hall–Kier alpha value is -15.5. The summed E-state index contributed by atoms with van der Waals surface area (Å²) in [6, 6.07) is 124. The van der Waals surface area contributed by atoms with Crippen molar-refractivity contribution in [2.75, 3.05) is 28.4 Å². The molecule has 0 bridgehead atoms. The maximum atomic E-state index is 13.5. The van der Waals surface area contributed by atoms with Crippen LogP contribution in [-0.4, -0.2) is 28.4 Å². The van der Waals surface area contributed by atoms with Crippen LogP contribution in [0.1, 0.15) is 106 Å². The van der Waals surface area contributed by atoms with Crippen molar-refractivity contribution in [1.29, 1.82) is 0 Å². The highest BCUT2D eigenvalue weighted by Crippen LogP contribution is 2.23. The smallest absolute Gasteiger partial charge is 0.130 e. The molecule has 0 unspecified atom stereocenters. The zero-order valence-electron chi connectivity index (χ0n) is 73.6. The van der Waals surface area contributed by atoms with Crippen LogP contribution in [0.15, 0.2) is 400 Å². The van der Waals surface area contributed by atoms with E-state index < -0.39 is 0 Å². The SMILES string of the molecule is COc1ccc(/C=C/c2cc(C)ccc2F)cc1.COc1ccc(/C=C/c2ccc(C)cc2)cc1.COc1ccc(/C=C/c2cccc(F)c2)cc1.COc1ccc(/C=C/c2ccccc2F)cc1.Cc1ccc(/C=C/c2ccccc2)cc1.Fc1cccc(/C=C/c2ccccc2)c1.Fc1ccccc1/C=C/c1ccc(Cl)cc1.Fc1ccccc1/C=C/c1ccccc1. The third-order valence-electron chi connectivity index (χ3n) is 19.1. The summed E-state index contributed by atoms with van der Waals surface area (Å²) in [4.78, 5) is 0. The van der Waals surface area contributed by atoms with Crippen molar-refractivity contribution < 1.29 is 45.3 Å². The van der Waals surface area contributed by atoms with Crippen LogP contribution in [-0.2, 0) is 0 Å². The van der Waals surface area contributed by atoms with Gasteiger partial charge in [-0.2, -0.15) is 0 Å². The van der Waals surface area contributed by atoms with Crippen molar-refractivity contribution in [3.63, 3.8) is 0 Å². The van der Waals surface area contributed by atoms with E-state index in [2.05, 4.69) is 111 Å². The second kappa shape index (κ2) is 55.8. The van der Waals surface area contributed by atoms with Crippen LogP contribution in [0.25, 0.3) is 97.2 Å². The van der Waals surface area contributed by atoms with Crippen LogP contribution in [0.3, 0.4) is 0 Å². The van der Waals surface area contributed by atoms with Crippen molar-refractivity contribution in [3.8, 4) is 23.0 Å². The lowest BCUT2D eigenvalue weighted by molar-refractivity contribution is 0.414. The van der Waals surface area contributed by atoms with Gasteiger partial charge in [0.1, 0.15) is 57.9 Å². The lowest BCUT2D eigenvalue weighted by Gasteiger charge is -2.00. The van der Waals surface area contributed by atoms with Gasteiger partial charge in [-0.3, -0.25) is 0 Å². The Morgan fingerprint density at radius 1 is 0.177 bits per heavy atom. The largest absolute Gasteiger partial charge is 0.497 e. The van der Waals surface area contributed by atoms with E-state index in [1.807, 2.05) is 280 Å². The summed E-state index contributed by atoms with van der Waals surface area (Å²) < 4.78 is 99.5. The first kappa shape index (κ1) is 98.3. The van der Waals surface area contributed by atoms with Gasteiger partial charge < -0.3 is 18.9 Å². The number of halogens is 7. The first-order chi connectivity index (χ1) is 63.3. The Balaban J connectivity index is 0.000000168. The molecule has 0 saturated carbocycles. The van der Waals surface area contributed by atoms with E-state index in [-0.39, 0.29) is 34.9 Å². The molecule has 0 aliphatic rings. The predicted molar refractivity (Wildman–Crippen MR) is 540 cm³/mol. The van der Waals surface area contributed by atoms with Crippen LogP contribution in [0, 0.1) is 55.7 Å². The highest BCUT2D eigenvalue weighted by atomic mass is 35.5. The van der Waals surface area contributed by atoms with E-state index in [0.717, 1.165) is 73.1 Å². The van der Waals surface area contributed by atoms with E-state index in [4.69, 9.17) is 30.5 Å². The fourth-order valence-corrected chi connectivity index (χ4v) is 12.0. The molecule has 0 aromatic heterocycles. The van der Waals surface area contributed by atoms with Crippen LogP contribution < -0.4 is 18.9 Å². The van der Waals surface area contributed by atoms with Crippen LogP contribution >= 0.6 is 11.6 Å². The quantitative estimate of drug-likeness (QED) is 0.0563. The molecule has 0 fully saturated rings. The number of hydrogen-bond donors (Lipinski definition) is 0. The van der Waals surface area contributed by atoms with Gasteiger partial charge in [0.05, 0.1) is 28.4 Å². The highest BCUT2D eigenvalue weighted by molar-refractivity contribution is 6.30. The Labute approximate surface area is 767 Å². The van der Waals surface area contributed by atoms with Crippen molar-refractivity contribution in [3.05, 3.63) is 546 Å². The summed E-state index contributed by atoms with van der Waals surface area (Å²) >= 11 is 5.77. The van der Waals surface area contributed by atoms with E-state index in [1.165, 1.54) is 81.9 Å². The Morgan fingerprint density at radius 2 is 0.385 bits per heavy atom. The molecule has 0 aliphatic heterocycles. The molecule has 4 nitrogen and oxygen atoms in total. The van der Waals surface area contributed by atoms with Gasteiger partial charge in [0.2, 0.25) is 0 Å². The van der Waals surface area contributed by atoms with Gasteiger partial charge in [0.15, 0.2) is 0 Å². The first-order valence-electron chi connectivity index (χ1n) is 41.9. The summed E-state index contributed by atoms with van der Waals surface area (Å²) in [5.41, 5.74) is 18.8. The first-order valence-corrected chi connectivity index (χ1v) is 42.3. The number of ether oxygens (including phenoxy) is 4. The standard InChI is InChI=1S/C16H15FO.C16H16O.2C15H13FO.C15H14.C14H10ClF.2C14H11F/c1-12-3-10-16(17)14(11-12)7-4-13-5-8-15(18-2)9-6-13;1-13-3-5-14(6-4-13)7-8-15-9-11-16(17-2)12-10-15;1-17-15-9-7-12(8-10-15)5-6-13-3-2-4-14(16)11-13;1-17-14-10-7-12(8-11-14)6-9-13-4-2-3-5-15(13)16;1-13-7-9-15(10-8-13)12-11-14-5-3-2-4-6-14;15-13-9-6-11(7-10-13)5-8-12-3-1-2-4-14(12)16;15-14-9-5-4-8-13(14)11-10-12-6-2-1-3-7-12;15-14-8-4-7-13(11-14)10-9-12-5-2-1-3-6-12/h3-11H,1-2H3;3-12H,1-2H3;2*2-11H,1H3;2-12H,1H3;1-10H;2*1-11H/b7-4+;8-7+;6-5+;9-6+;12-11+;8-5+;11-10+;10-9+. The fraction of sp³-hybridized carbons (Fsp3) is 0.0588. The molecule has 0 spiro atoms. The third kappa shape index (κ3) is 37.7. The molecule has 652 valence electrons. The molecule has 0 amide bonds.